The Morgan fingerprint density at radius 1 is 1.14 bits per heavy atom. The molecule has 2 aromatic rings. The van der Waals surface area contributed by atoms with Gasteiger partial charge in [-0.25, -0.2) is 13.1 Å². The molecule has 0 aliphatic rings. The van der Waals surface area contributed by atoms with Crippen LogP contribution in [-0.4, -0.2) is 14.3 Å². The second-order valence-corrected chi connectivity index (χ2v) is 8.19. The van der Waals surface area contributed by atoms with E-state index < -0.39 is 15.9 Å². The lowest BCUT2D eigenvalue weighted by Crippen LogP contribution is -2.31. The van der Waals surface area contributed by atoms with E-state index in [1.54, 1.807) is 37.3 Å². The molecule has 0 aromatic heterocycles. The van der Waals surface area contributed by atoms with E-state index in [4.69, 9.17) is 0 Å². The average molecular weight is 480 g/mol. The van der Waals surface area contributed by atoms with Crippen molar-refractivity contribution in [1.29, 1.82) is 0 Å². The Hall–Kier alpha value is -0.930. The van der Waals surface area contributed by atoms with Crippen LogP contribution in [0.15, 0.2) is 51.8 Å². The van der Waals surface area contributed by atoms with Crippen molar-refractivity contribution in [2.75, 3.05) is 0 Å². The molecule has 2 aromatic carbocycles. The first-order valence-corrected chi connectivity index (χ1v) is 9.24. The maximum atomic E-state index is 12.2. The number of hydrogen-bond acceptors (Lipinski definition) is 3. The van der Waals surface area contributed by atoms with Gasteiger partial charge in [0.25, 0.3) is 15.9 Å². The molecule has 21 heavy (non-hydrogen) atoms. The maximum absolute atomic E-state index is 12.2. The van der Waals surface area contributed by atoms with Crippen molar-refractivity contribution in [3.05, 3.63) is 61.6 Å². The monoisotopic (exact) mass is 479 g/mol. The van der Waals surface area contributed by atoms with Gasteiger partial charge in [-0.05, 0) is 77.5 Å². The predicted molar refractivity (Wildman–Crippen MR) is 92.7 cm³/mol. The first-order chi connectivity index (χ1) is 9.79. The highest BCUT2D eigenvalue weighted by atomic mass is 127. The number of amides is 1. The van der Waals surface area contributed by atoms with E-state index in [0.29, 0.717) is 11.1 Å². The quantitative estimate of drug-likeness (QED) is 0.685. The van der Waals surface area contributed by atoms with Crippen LogP contribution < -0.4 is 4.72 Å². The molecule has 0 saturated carbocycles. The predicted octanol–water partition coefficient (Wildman–Crippen LogP) is 3.48. The van der Waals surface area contributed by atoms with E-state index in [1.807, 2.05) is 0 Å². The summed E-state index contributed by atoms with van der Waals surface area (Å²) in [5.41, 5.74) is 1.02. The maximum Gasteiger partial charge on any atom is 0.265 e. The van der Waals surface area contributed by atoms with Crippen molar-refractivity contribution in [2.24, 2.45) is 0 Å². The van der Waals surface area contributed by atoms with Crippen molar-refractivity contribution < 1.29 is 13.2 Å². The van der Waals surface area contributed by atoms with Crippen molar-refractivity contribution >= 4 is 54.5 Å². The van der Waals surface area contributed by atoms with Crippen LogP contribution in [0.2, 0.25) is 0 Å². The highest BCUT2D eigenvalue weighted by Gasteiger charge is 2.19. The SMILES string of the molecule is Cc1cc(Br)ccc1C(=O)NS(=O)(=O)c1ccc(I)cc1. The van der Waals surface area contributed by atoms with Gasteiger partial charge in [0, 0.05) is 13.6 Å². The Bertz CT molecular complexity index is 788. The Labute approximate surface area is 145 Å². The summed E-state index contributed by atoms with van der Waals surface area (Å²) < 4.78 is 28.2. The highest BCUT2D eigenvalue weighted by Crippen LogP contribution is 2.17. The van der Waals surface area contributed by atoms with E-state index in [2.05, 4.69) is 43.2 Å². The number of carbonyl (C=O) groups is 1. The fourth-order valence-electron chi connectivity index (χ4n) is 1.73. The average Bonchev–Trinajstić information content (AvgIpc) is 2.38. The summed E-state index contributed by atoms with van der Waals surface area (Å²) in [7, 11) is -3.87. The van der Waals surface area contributed by atoms with Gasteiger partial charge in [-0.3, -0.25) is 4.79 Å². The molecule has 0 aliphatic heterocycles. The number of hydrogen-bond donors (Lipinski definition) is 1. The molecule has 2 rings (SSSR count). The third-order valence-corrected chi connectivity index (χ3v) is 5.34. The van der Waals surface area contributed by atoms with E-state index in [0.717, 1.165) is 8.04 Å². The molecule has 0 unspecified atom stereocenters. The minimum Gasteiger partial charge on any atom is -0.268 e. The van der Waals surface area contributed by atoms with Crippen LogP contribution in [0.5, 0.6) is 0 Å². The summed E-state index contributed by atoms with van der Waals surface area (Å²) in [6, 6.07) is 11.3. The molecule has 1 amide bonds. The Kier molecular flexibility index (Phi) is 5.05. The van der Waals surface area contributed by atoms with Gasteiger partial charge >= 0.3 is 0 Å². The number of benzene rings is 2. The number of halogens is 2. The van der Waals surface area contributed by atoms with E-state index >= 15 is 0 Å². The molecule has 0 saturated heterocycles. The van der Waals surface area contributed by atoms with Gasteiger partial charge in [0.1, 0.15) is 0 Å². The van der Waals surface area contributed by atoms with Crippen LogP contribution in [-0.2, 0) is 10.0 Å². The third-order valence-electron chi connectivity index (χ3n) is 2.78. The van der Waals surface area contributed by atoms with Crippen molar-refractivity contribution in [1.82, 2.24) is 4.72 Å². The lowest BCUT2D eigenvalue weighted by Gasteiger charge is -2.09. The number of aryl methyl sites for hydroxylation is 1. The van der Waals surface area contributed by atoms with Gasteiger partial charge in [-0.2, -0.15) is 0 Å². The lowest BCUT2D eigenvalue weighted by atomic mass is 10.1. The van der Waals surface area contributed by atoms with Gasteiger partial charge in [0.05, 0.1) is 4.90 Å². The zero-order valence-electron chi connectivity index (χ0n) is 10.9. The Balaban J connectivity index is 2.28. The lowest BCUT2D eigenvalue weighted by molar-refractivity contribution is 0.0981. The highest BCUT2D eigenvalue weighted by molar-refractivity contribution is 14.1. The number of carbonyl (C=O) groups excluding carboxylic acids is 1. The molecule has 110 valence electrons. The van der Waals surface area contributed by atoms with Crippen molar-refractivity contribution in [3.8, 4) is 0 Å². The zero-order chi connectivity index (χ0) is 15.6. The van der Waals surface area contributed by atoms with Crippen molar-refractivity contribution in [3.63, 3.8) is 0 Å². The first-order valence-electron chi connectivity index (χ1n) is 5.88. The van der Waals surface area contributed by atoms with E-state index in [-0.39, 0.29) is 4.90 Å². The molecular formula is C14H11BrINO3S. The number of sulfonamides is 1. The second kappa shape index (κ2) is 6.45. The van der Waals surface area contributed by atoms with Crippen molar-refractivity contribution in [2.45, 2.75) is 11.8 Å². The minimum absolute atomic E-state index is 0.0611. The van der Waals surface area contributed by atoms with Gasteiger partial charge in [-0.1, -0.05) is 15.9 Å². The number of rotatable bonds is 3. The third kappa shape index (κ3) is 4.04. The van der Waals surface area contributed by atoms with Gasteiger partial charge in [-0.15, -0.1) is 0 Å². The van der Waals surface area contributed by atoms with Crippen LogP contribution in [0.3, 0.4) is 0 Å². The van der Waals surface area contributed by atoms with E-state index in [9.17, 15) is 13.2 Å². The minimum atomic E-state index is -3.87. The van der Waals surface area contributed by atoms with Crippen LogP contribution in [0.25, 0.3) is 0 Å². The smallest absolute Gasteiger partial charge is 0.265 e. The summed E-state index contributed by atoms with van der Waals surface area (Å²) in [5, 5.41) is 0. The summed E-state index contributed by atoms with van der Waals surface area (Å²) in [6.45, 7) is 1.75. The molecule has 0 atom stereocenters. The first kappa shape index (κ1) is 16.4. The van der Waals surface area contributed by atoms with Crippen LogP contribution >= 0.6 is 38.5 Å². The molecule has 0 radical (unpaired) electrons. The Morgan fingerprint density at radius 2 is 1.76 bits per heavy atom. The fourth-order valence-corrected chi connectivity index (χ4v) is 3.53. The summed E-state index contributed by atoms with van der Waals surface area (Å²) >= 11 is 5.38. The topological polar surface area (TPSA) is 63.2 Å². The largest absolute Gasteiger partial charge is 0.268 e. The molecule has 0 spiro atoms. The standard InChI is InChI=1S/C14H11BrINO3S/c1-9-8-10(15)2-7-13(9)14(18)17-21(19,20)12-5-3-11(16)4-6-12/h2-8H,1H3,(H,17,18). The summed E-state index contributed by atoms with van der Waals surface area (Å²) in [6.07, 6.45) is 0. The van der Waals surface area contributed by atoms with Crippen LogP contribution in [0, 0.1) is 10.5 Å². The van der Waals surface area contributed by atoms with Crippen LogP contribution in [0.4, 0.5) is 0 Å². The van der Waals surface area contributed by atoms with Gasteiger partial charge < -0.3 is 0 Å². The van der Waals surface area contributed by atoms with E-state index in [1.165, 1.54) is 12.1 Å². The molecular weight excluding hydrogens is 469 g/mol. The summed E-state index contributed by atoms with van der Waals surface area (Å²) in [4.78, 5) is 12.2. The fraction of sp³-hybridized carbons (Fsp3) is 0.0714. The molecule has 0 fully saturated rings. The zero-order valence-corrected chi connectivity index (χ0v) is 15.5. The molecule has 0 bridgehead atoms. The molecule has 0 aliphatic carbocycles. The van der Waals surface area contributed by atoms with Gasteiger partial charge in [0.2, 0.25) is 0 Å². The molecule has 7 heteroatoms. The summed E-state index contributed by atoms with van der Waals surface area (Å²) in [5.74, 6) is -0.640. The number of nitrogens with one attached hydrogen (secondary N) is 1. The van der Waals surface area contributed by atoms with Gasteiger partial charge in [0.15, 0.2) is 0 Å². The van der Waals surface area contributed by atoms with Crippen LogP contribution in [0.1, 0.15) is 15.9 Å². The Morgan fingerprint density at radius 3 is 2.33 bits per heavy atom. The second-order valence-electron chi connectivity index (χ2n) is 4.35. The normalized spacial score (nSPS) is 11.2. The molecule has 1 N–H and O–H groups in total. The molecule has 4 nitrogen and oxygen atoms in total. The molecule has 0 heterocycles.